The van der Waals surface area contributed by atoms with Gasteiger partial charge in [-0.3, -0.25) is 24.5 Å². The molecule has 0 saturated carbocycles. The number of aryl methyl sites for hydroxylation is 1. The highest BCUT2D eigenvalue weighted by molar-refractivity contribution is 7.88. The van der Waals surface area contributed by atoms with E-state index >= 15 is 0 Å². The number of thiophene rings is 1. The largest absolute Gasteiger partial charge is 0.479 e. The number of amides is 4. The third kappa shape index (κ3) is 13.9. The molecule has 19 nitrogen and oxygen atoms in total. The Kier molecular flexibility index (Phi) is 18.0. The molecule has 7 rings (SSSR count). The Morgan fingerprint density at radius 2 is 1.56 bits per heavy atom. The highest BCUT2D eigenvalue weighted by atomic mass is 35.5. The van der Waals surface area contributed by atoms with Gasteiger partial charge >= 0.3 is 11.9 Å². The van der Waals surface area contributed by atoms with Crippen molar-refractivity contribution in [2.45, 2.75) is 69.3 Å². The zero-order valence-electron chi connectivity index (χ0n) is 38.1. The van der Waals surface area contributed by atoms with Crippen LogP contribution in [0.3, 0.4) is 0 Å². The van der Waals surface area contributed by atoms with E-state index in [1.54, 1.807) is 53.4 Å². The van der Waals surface area contributed by atoms with E-state index in [1.807, 2.05) is 18.2 Å². The predicted molar refractivity (Wildman–Crippen MR) is 259 cm³/mol. The van der Waals surface area contributed by atoms with Crippen molar-refractivity contribution in [3.63, 3.8) is 0 Å². The van der Waals surface area contributed by atoms with Crippen molar-refractivity contribution in [2.24, 2.45) is 0 Å². The summed E-state index contributed by atoms with van der Waals surface area (Å²) in [6, 6.07) is 18.9. The molecule has 22 heteroatoms. The van der Waals surface area contributed by atoms with Crippen molar-refractivity contribution in [1.29, 1.82) is 0 Å². The molecule has 0 spiro atoms. The maximum atomic E-state index is 13.5. The molecule has 1 atom stereocenters. The molecule has 0 radical (unpaired) electrons. The number of nitrogens with zero attached hydrogens (tertiary/aromatic N) is 2. The van der Waals surface area contributed by atoms with Gasteiger partial charge in [0.2, 0.25) is 27.7 Å². The summed E-state index contributed by atoms with van der Waals surface area (Å²) < 4.78 is 50.5. The van der Waals surface area contributed by atoms with Gasteiger partial charge in [0.25, 0.3) is 5.91 Å². The second kappa shape index (κ2) is 24.3. The van der Waals surface area contributed by atoms with Crippen molar-refractivity contribution in [2.75, 3.05) is 70.0 Å². The lowest BCUT2D eigenvalue weighted by molar-refractivity contribution is -0.139. The van der Waals surface area contributed by atoms with Crippen molar-refractivity contribution >= 4 is 79.9 Å². The van der Waals surface area contributed by atoms with Gasteiger partial charge in [0.15, 0.2) is 17.2 Å². The second-order valence-electron chi connectivity index (χ2n) is 16.9. The fourth-order valence-electron chi connectivity index (χ4n) is 8.38. The molecule has 0 bridgehead atoms. The van der Waals surface area contributed by atoms with E-state index in [4.69, 9.17) is 35.7 Å². The summed E-state index contributed by atoms with van der Waals surface area (Å²) >= 11 is 7.35. The average molecular weight is 1020 g/mol. The Hall–Kier alpha value is -5.94. The lowest BCUT2D eigenvalue weighted by atomic mass is 10.0. The number of piperidine rings is 2. The number of ether oxygens (including phenoxy) is 4. The molecule has 4 heterocycles. The lowest BCUT2D eigenvalue weighted by Gasteiger charge is -2.32. The van der Waals surface area contributed by atoms with Crippen LogP contribution in [0.4, 0.5) is 11.4 Å². The molecular formula is C48H54ClN5O14S2. The number of carbonyl (C=O) groups excluding carboxylic acids is 4. The minimum absolute atomic E-state index is 0.000467. The monoisotopic (exact) mass is 1020 g/mol. The van der Waals surface area contributed by atoms with Crippen LogP contribution in [0.2, 0.25) is 5.02 Å². The highest BCUT2D eigenvalue weighted by Crippen LogP contribution is 2.46. The van der Waals surface area contributed by atoms with Crippen LogP contribution in [-0.4, -0.2) is 135 Å². The van der Waals surface area contributed by atoms with Gasteiger partial charge in [-0.15, -0.1) is 11.3 Å². The van der Waals surface area contributed by atoms with E-state index in [9.17, 15) is 42.3 Å². The van der Waals surface area contributed by atoms with Crippen LogP contribution in [-0.2, 0) is 62.1 Å². The summed E-state index contributed by atoms with van der Waals surface area (Å²) in [6.07, 6.45) is 3.22. The number of halogens is 1. The number of anilines is 2. The number of imide groups is 1. The fraction of sp³-hybridized carbons (Fsp3) is 0.417. The Bertz CT molecular complexity index is 2690. The Balaban J connectivity index is 0.738. The quantitative estimate of drug-likeness (QED) is 0.0411. The Morgan fingerprint density at radius 3 is 2.29 bits per heavy atom. The molecule has 0 aliphatic carbocycles. The first-order valence-corrected chi connectivity index (χ1v) is 25.6. The summed E-state index contributed by atoms with van der Waals surface area (Å²) in [7, 11) is -3.68. The van der Waals surface area contributed by atoms with Gasteiger partial charge in [-0.25, -0.2) is 22.3 Å². The van der Waals surface area contributed by atoms with E-state index in [0.717, 1.165) is 41.0 Å². The fourth-order valence-corrected chi connectivity index (χ4v) is 11.3. The number of sulfonamides is 1. The second-order valence-corrected chi connectivity index (χ2v) is 20.2. The molecule has 2 fully saturated rings. The van der Waals surface area contributed by atoms with Gasteiger partial charge < -0.3 is 44.7 Å². The van der Waals surface area contributed by atoms with Crippen LogP contribution < -0.4 is 20.7 Å². The van der Waals surface area contributed by atoms with Crippen LogP contribution >= 0.6 is 22.9 Å². The first-order valence-electron chi connectivity index (χ1n) is 22.8. The average Bonchev–Trinajstić information content (AvgIpc) is 3.83. The molecule has 5 N–H and O–H groups in total. The maximum absolute atomic E-state index is 13.5. The minimum Gasteiger partial charge on any atom is -0.479 e. The van der Waals surface area contributed by atoms with Gasteiger partial charge in [0.05, 0.1) is 50.1 Å². The molecule has 374 valence electrons. The Morgan fingerprint density at radius 1 is 0.843 bits per heavy atom. The smallest absolute Gasteiger partial charge is 0.349 e. The first-order chi connectivity index (χ1) is 33.6. The van der Waals surface area contributed by atoms with E-state index in [2.05, 4.69) is 16.0 Å². The van der Waals surface area contributed by atoms with Crippen molar-refractivity contribution in [1.82, 2.24) is 14.5 Å². The number of aliphatic carboxylic acids is 1. The molecule has 4 amide bonds. The number of carboxylic acids is 2. The number of fused-ring (bicyclic) bond motifs is 1. The third-order valence-corrected chi connectivity index (χ3v) is 15.3. The lowest BCUT2D eigenvalue weighted by Crippen LogP contribution is -2.52. The van der Waals surface area contributed by atoms with E-state index in [-0.39, 0.29) is 64.6 Å². The number of rotatable bonds is 25. The van der Waals surface area contributed by atoms with Crippen LogP contribution in [0.1, 0.15) is 75.2 Å². The SMILES string of the molecule is O=C(O)COc1c(C(=O)O)sc(-c2cccc(NC3CCN(S(=O)(=O)Cc4cccc(NC(=O)CCOCCOCCOCCCc5ccc6c(c5)CN(C5CCC(=O)NC5=O)C6=O)c4)CC3)c2)c1Cl. The zero-order chi connectivity index (χ0) is 49.8. The van der Waals surface area contributed by atoms with Crippen molar-refractivity contribution in [3.05, 3.63) is 98.9 Å². The van der Waals surface area contributed by atoms with Gasteiger partial charge in [-0.2, -0.15) is 0 Å². The minimum atomic E-state index is -3.68. The Labute approximate surface area is 413 Å². The first kappa shape index (κ1) is 51.9. The molecule has 1 unspecified atom stereocenters. The molecule has 3 aliphatic rings. The van der Waals surface area contributed by atoms with Crippen molar-refractivity contribution < 1.29 is 66.3 Å². The normalized spacial score (nSPS) is 16.5. The van der Waals surface area contributed by atoms with Gasteiger partial charge in [-0.1, -0.05) is 48.0 Å². The molecule has 3 aromatic carbocycles. The number of benzene rings is 3. The molecule has 3 aliphatic heterocycles. The number of hydrogen-bond donors (Lipinski definition) is 5. The van der Waals surface area contributed by atoms with Crippen LogP contribution in [0.25, 0.3) is 10.4 Å². The topological polar surface area (TPSA) is 257 Å². The number of carbonyl (C=O) groups is 6. The molecule has 2 saturated heterocycles. The predicted octanol–water partition coefficient (Wildman–Crippen LogP) is 5.41. The van der Waals surface area contributed by atoms with Gasteiger partial charge in [0.1, 0.15) is 11.1 Å². The number of aromatic carboxylic acids is 1. The van der Waals surface area contributed by atoms with Gasteiger partial charge in [-0.05, 0) is 84.7 Å². The molecule has 70 heavy (non-hydrogen) atoms. The highest BCUT2D eigenvalue weighted by Gasteiger charge is 2.39. The van der Waals surface area contributed by atoms with E-state index < -0.39 is 40.5 Å². The summed E-state index contributed by atoms with van der Waals surface area (Å²) in [4.78, 5) is 74.0. The van der Waals surface area contributed by atoms with Crippen LogP contribution in [0.15, 0.2) is 66.7 Å². The van der Waals surface area contributed by atoms with E-state index in [1.165, 1.54) is 4.31 Å². The molecular weight excluding hydrogens is 970 g/mol. The van der Waals surface area contributed by atoms with Crippen LogP contribution in [0, 0.1) is 0 Å². The van der Waals surface area contributed by atoms with Gasteiger partial charge in [0, 0.05) is 55.6 Å². The summed E-state index contributed by atoms with van der Waals surface area (Å²) in [6.45, 7) is 2.28. The van der Waals surface area contributed by atoms with Crippen molar-refractivity contribution in [3.8, 4) is 16.2 Å². The number of carboxylic acid groups (broad SMARTS) is 2. The van der Waals surface area contributed by atoms with Crippen LogP contribution in [0.5, 0.6) is 5.75 Å². The maximum Gasteiger partial charge on any atom is 0.349 e. The molecule has 4 aromatic rings. The molecule has 1 aromatic heterocycles. The summed E-state index contributed by atoms with van der Waals surface area (Å²) in [5, 5.41) is 27.2. The standard InChI is InChI=1S/C48H54ClN5O14S2/c49-42-43(68-28-41(57)58)45(48(61)62)69-44(42)32-6-2-8-36(26-32)50-34-13-16-53(17-14-34)70(63,64)29-31-4-1-7-35(25-31)51-40(56)15-19-66-21-23-67-22-20-65-18-3-5-30-9-10-37-33(24-30)27-54(47(37)60)38-11-12-39(55)52-46(38)59/h1-2,4,6-10,24-26,34,38,50H,3,5,11-23,27-29H2,(H,51,56)(H,57,58)(H,61,62)(H,52,55,59). The number of hydrogen-bond acceptors (Lipinski definition) is 14. The zero-order valence-corrected chi connectivity index (χ0v) is 40.5. The number of nitrogens with one attached hydrogen (secondary N) is 3. The summed E-state index contributed by atoms with van der Waals surface area (Å²) in [5.41, 5.74) is 4.85. The van der Waals surface area contributed by atoms with E-state index in [0.29, 0.717) is 99.2 Å². The summed E-state index contributed by atoms with van der Waals surface area (Å²) in [5.74, 6) is -4.23. The third-order valence-electron chi connectivity index (χ3n) is 11.8.